The van der Waals surface area contributed by atoms with Gasteiger partial charge in [0.2, 0.25) is 5.91 Å². The number of benzene rings is 1. The van der Waals surface area contributed by atoms with E-state index in [1.807, 2.05) is 36.4 Å². The fourth-order valence-electron chi connectivity index (χ4n) is 1.28. The first-order valence-corrected chi connectivity index (χ1v) is 5.05. The van der Waals surface area contributed by atoms with Gasteiger partial charge in [0.05, 0.1) is 6.07 Å². The molecule has 1 aromatic carbocycles. The molecule has 84 valence electrons. The molecule has 2 N–H and O–H groups in total. The van der Waals surface area contributed by atoms with Gasteiger partial charge in [0, 0.05) is 5.69 Å². The van der Waals surface area contributed by atoms with Crippen molar-refractivity contribution in [3.63, 3.8) is 0 Å². The molecule has 0 bridgehead atoms. The van der Waals surface area contributed by atoms with Crippen LogP contribution in [-0.4, -0.2) is 18.0 Å². The van der Waals surface area contributed by atoms with Crippen molar-refractivity contribution >= 4 is 11.6 Å². The summed E-state index contributed by atoms with van der Waals surface area (Å²) in [6.45, 7) is 3.57. The van der Waals surface area contributed by atoms with Crippen molar-refractivity contribution in [1.29, 1.82) is 5.26 Å². The van der Waals surface area contributed by atoms with Gasteiger partial charge in [-0.05, 0) is 26.0 Å². The van der Waals surface area contributed by atoms with E-state index in [0.29, 0.717) is 0 Å². The van der Waals surface area contributed by atoms with Crippen LogP contribution in [-0.2, 0) is 4.79 Å². The molecule has 0 radical (unpaired) electrons. The molecule has 0 fully saturated rings. The van der Waals surface area contributed by atoms with E-state index in [4.69, 9.17) is 5.26 Å². The third kappa shape index (κ3) is 3.28. The van der Waals surface area contributed by atoms with Crippen molar-refractivity contribution in [3.05, 3.63) is 30.3 Å². The SMILES string of the molecule is CC(C)(Nc1ccccc1)C(=O)NCC#N. The van der Waals surface area contributed by atoms with Crippen molar-refractivity contribution in [1.82, 2.24) is 5.32 Å². The molecule has 4 heteroatoms. The smallest absolute Gasteiger partial charge is 0.245 e. The summed E-state index contributed by atoms with van der Waals surface area (Å²) in [7, 11) is 0. The minimum atomic E-state index is -0.738. The second-order valence-electron chi connectivity index (χ2n) is 3.96. The first-order valence-electron chi connectivity index (χ1n) is 5.05. The van der Waals surface area contributed by atoms with E-state index in [1.54, 1.807) is 13.8 Å². The summed E-state index contributed by atoms with van der Waals surface area (Å²) in [5.74, 6) is -0.196. The van der Waals surface area contributed by atoms with Gasteiger partial charge in [-0.3, -0.25) is 4.79 Å². The summed E-state index contributed by atoms with van der Waals surface area (Å²) in [6, 6.07) is 11.4. The van der Waals surface area contributed by atoms with Crippen LogP contribution in [0.2, 0.25) is 0 Å². The van der Waals surface area contributed by atoms with E-state index in [2.05, 4.69) is 10.6 Å². The van der Waals surface area contributed by atoms with Gasteiger partial charge in [0.25, 0.3) is 0 Å². The number of nitriles is 1. The van der Waals surface area contributed by atoms with Gasteiger partial charge >= 0.3 is 0 Å². The minimum absolute atomic E-state index is 0.0265. The highest BCUT2D eigenvalue weighted by molar-refractivity contribution is 5.88. The molecule has 0 aromatic heterocycles. The summed E-state index contributed by atoms with van der Waals surface area (Å²) in [4.78, 5) is 11.7. The Labute approximate surface area is 95.3 Å². The predicted molar refractivity (Wildman–Crippen MR) is 62.8 cm³/mol. The lowest BCUT2D eigenvalue weighted by Crippen LogP contribution is -2.48. The van der Waals surface area contributed by atoms with E-state index in [-0.39, 0.29) is 12.5 Å². The maximum atomic E-state index is 11.7. The number of hydrogen-bond donors (Lipinski definition) is 2. The quantitative estimate of drug-likeness (QED) is 0.751. The van der Waals surface area contributed by atoms with Crippen LogP contribution < -0.4 is 10.6 Å². The highest BCUT2D eigenvalue weighted by atomic mass is 16.2. The molecule has 1 amide bonds. The number of anilines is 1. The fraction of sp³-hybridized carbons (Fsp3) is 0.333. The van der Waals surface area contributed by atoms with Gasteiger partial charge in [0.1, 0.15) is 12.1 Å². The standard InChI is InChI=1S/C12H15N3O/c1-12(2,11(16)14-9-8-13)15-10-6-4-3-5-7-10/h3-7,15H,9H2,1-2H3,(H,14,16). The number of nitrogens with zero attached hydrogens (tertiary/aromatic N) is 1. The van der Waals surface area contributed by atoms with Gasteiger partial charge in [-0.2, -0.15) is 5.26 Å². The molecular formula is C12H15N3O. The molecule has 0 saturated carbocycles. The zero-order valence-corrected chi connectivity index (χ0v) is 9.45. The first-order chi connectivity index (χ1) is 7.56. The number of para-hydroxylation sites is 1. The van der Waals surface area contributed by atoms with E-state index < -0.39 is 5.54 Å². The molecular weight excluding hydrogens is 202 g/mol. The molecule has 0 aliphatic rings. The third-order valence-corrected chi connectivity index (χ3v) is 2.13. The average Bonchev–Trinajstić information content (AvgIpc) is 2.26. The monoisotopic (exact) mass is 217 g/mol. The van der Waals surface area contributed by atoms with Crippen LogP contribution in [0.1, 0.15) is 13.8 Å². The minimum Gasteiger partial charge on any atom is -0.372 e. The van der Waals surface area contributed by atoms with Gasteiger partial charge in [-0.1, -0.05) is 18.2 Å². The Morgan fingerprint density at radius 1 is 1.38 bits per heavy atom. The second-order valence-corrected chi connectivity index (χ2v) is 3.96. The lowest BCUT2D eigenvalue weighted by atomic mass is 10.0. The van der Waals surface area contributed by atoms with Gasteiger partial charge in [0.15, 0.2) is 0 Å². The largest absolute Gasteiger partial charge is 0.372 e. The Bertz CT molecular complexity index is 392. The lowest BCUT2D eigenvalue weighted by molar-refractivity contribution is -0.124. The van der Waals surface area contributed by atoms with Crippen molar-refractivity contribution in [2.24, 2.45) is 0 Å². The average molecular weight is 217 g/mol. The number of hydrogen-bond acceptors (Lipinski definition) is 3. The summed E-state index contributed by atoms with van der Waals surface area (Å²) < 4.78 is 0. The second kappa shape index (κ2) is 5.17. The number of nitrogens with one attached hydrogen (secondary N) is 2. The maximum Gasteiger partial charge on any atom is 0.245 e. The zero-order chi connectivity index (χ0) is 12.0. The Hall–Kier alpha value is -2.02. The summed E-state index contributed by atoms with van der Waals surface area (Å²) >= 11 is 0. The van der Waals surface area contributed by atoms with E-state index >= 15 is 0 Å². The van der Waals surface area contributed by atoms with Gasteiger partial charge in [-0.25, -0.2) is 0 Å². The predicted octanol–water partition coefficient (Wildman–Crippen LogP) is 1.52. The molecule has 1 rings (SSSR count). The van der Waals surface area contributed by atoms with Crippen LogP contribution in [0.3, 0.4) is 0 Å². The number of rotatable bonds is 4. The molecule has 0 atom stereocenters. The molecule has 0 saturated heterocycles. The van der Waals surface area contributed by atoms with Crippen LogP contribution in [0.25, 0.3) is 0 Å². The molecule has 4 nitrogen and oxygen atoms in total. The highest BCUT2D eigenvalue weighted by Gasteiger charge is 2.26. The highest BCUT2D eigenvalue weighted by Crippen LogP contribution is 2.14. The van der Waals surface area contributed by atoms with Crippen LogP contribution in [0.4, 0.5) is 5.69 Å². The summed E-state index contributed by atoms with van der Waals surface area (Å²) in [6.07, 6.45) is 0. The first kappa shape index (κ1) is 12.1. The van der Waals surface area contributed by atoms with E-state index in [9.17, 15) is 4.79 Å². The van der Waals surface area contributed by atoms with Crippen LogP contribution >= 0.6 is 0 Å². The maximum absolute atomic E-state index is 11.7. The molecule has 0 heterocycles. The van der Waals surface area contributed by atoms with Gasteiger partial charge in [-0.15, -0.1) is 0 Å². The molecule has 0 aliphatic heterocycles. The van der Waals surface area contributed by atoms with Crippen LogP contribution in [0.15, 0.2) is 30.3 Å². The molecule has 1 aromatic rings. The summed E-state index contributed by atoms with van der Waals surface area (Å²) in [5, 5.41) is 14.0. The molecule has 0 aliphatic carbocycles. The normalized spacial score (nSPS) is 10.3. The summed E-state index contributed by atoms with van der Waals surface area (Å²) in [5.41, 5.74) is 0.137. The van der Waals surface area contributed by atoms with Crippen LogP contribution in [0.5, 0.6) is 0 Å². The fourth-order valence-corrected chi connectivity index (χ4v) is 1.28. The van der Waals surface area contributed by atoms with E-state index in [0.717, 1.165) is 5.69 Å². The number of amides is 1. The Kier molecular flexibility index (Phi) is 3.90. The lowest BCUT2D eigenvalue weighted by Gasteiger charge is -2.25. The van der Waals surface area contributed by atoms with Crippen molar-refractivity contribution in [2.45, 2.75) is 19.4 Å². The molecule has 0 unspecified atom stereocenters. The Morgan fingerprint density at radius 2 is 2.00 bits per heavy atom. The molecule has 16 heavy (non-hydrogen) atoms. The van der Waals surface area contributed by atoms with Crippen molar-refractivity contribution in [2.75, 3.05) is 11.9 Å². The Morgan fingerprint density at radius 3 is 2.56 bits per heavy atom. The topological polar surface area (TPSA) is 64.9 Å². The third-order valence-electron chi connectivity index (χ3n) is 2.13. The van der Waals surface area contributed by atoms with Crippen molar-refractivity contribution in [3.8, 4) is 6.07 Å². The van der Waals surface area contributed by atoms with Crippen molar-refractivity contribution < 1.29 is 4.79 Å². The Balaban J connectivity index is 2.65. The van der Waals surface area contributed by atoms with Gasteiger partial charge < -0.3 is 10.6 Å². The molecule has 0 spiro atoms. The number of carbonyl (C=O) groups excluding carboxylic acids is 1. The van der Waals surface area contributed by atoms with Crippen LogP contribution in [0, 0.1) is 11.3 Å². The van der Waals surface area contributed by atoms with E-state index in [1.165, 1.54) is 0 Å². The number of carbonyl (C=O) groups is 1. The zero-order valence-electron chi connectivity index (χ0n) is 9.45.